The van der Waals surface area contributed by atoms with Gasteiger partial charge < -0.3 is 10.6 Å². The molecule has 0 unspecified atom stereocenters. The third kappa shape index (κ3) is 5.04. The molecule has 1 aromatic carbocycles. The van der Waals surface area contributed by atoms with Crippen LogP contribution in [-0.4, -0.2) is 31.1 Å². The minimum absolute atomic E-state index is 0.141. The summed E-state index contributed by atoms with van der Waals surface area (Å²) in [7, 11) is 0. The monoisotopic (exact) mass is 406 g/mol. The minimum Gasteiger partial charge on any atom is -0.330 e. The van der Waals surface area contributed by atoms with Gasteiger partial charge in [-0.1, -0.05) is 29.2 Å². The topological polar surface area (TPSA) is 84.7 Å². The molecule has 3 aromatic rings. The van der Waals surface area contributed by atoms with Crippen LogP contribution in [-0.2, 0) is 4.79 Å². The van der Waals surface area contributed by atoms with Gasteiger partial charge in [0.15, 0.2) is 4.34 Å². The molecule has 27 heavy (non-hydrogen) atoms. The van der Waals surface area contributed by atoms with E-state index in [-0.39, 0.29) is 23.0 Å². The van der Waals surface area contributed by atoms with Crippen LogP contribution in [0.25, 0.3) is 0 Å². The Morgan fingerprint density at radius 3 is 2.81 bits per heavy atom. The zero-order chi connectivity index (χ0) is 19.4. The molecule has 0 spiro atoms. The minimum atomic E-state index is -0.365. The van der Waals surface area contributed by atoms with Crippen molar-refractivity contribution >= 4 is 45.6 Å². The van der Waals surface area contributed by atoms with E-state index in [4.69, 9.17) is 0 Å². The molecule has 0 aliphatic carbocycles. The van der Waals surface area contributed by atoms with Crippen LogP contribution in [0.5, 0.6) is 0 Å². The van der Waals surface area contributed by atoms with E-state index >= 15 is 0 Å². The van der Waals surface area contributed by atoms with Gasteiger partial charge in [0.05, 0.1) is 11.4 Å². The molecule has 0 saturated carbocycles. The second-order valence-corrected chi connectivity index (χ2v) is 8.58. The van der Waals surface area contributed by atoms with Gasteiger partial charge in [-0.15, -0.1) is 10.2 Å². The van der Waals surface area contributed by atoms with Crippen LogP contribution in [0.1, 0.15) is 26.8 Å². The Balaban J connectivity index is 1.59. The fourth-order valence-electron chi connectivity index (χ4n) is 2.25. The first-order valence-electron chi connectivity index (χ1n) is 8.29. The number of nitrogens with one attached hydrogen (secondary N) is 2. The molecule has 3 rings (SSSR count). The molecule has 0 fully saturated rings. The number of aromatic nitrogens is 4. The zero-order valence-electron chi connectivity index (χ0n) is 15.0. The Kier molecular flexibility index (Phi) is 6.07. The molecule has 2 heterocycles. The Morgan fingerprint density at radius 2 is 2.07 bits per heavy atom. The van der Waals surface area contributed by atoms with E-state index < -0.39 is 0 Å². The second kappa shape index (κ2) is 8.49. The van der Waals surface area contributed by atoms with E-state index in [1.165, 1.54) is 35.2 Å². The molecule has 0 aliphatic rings. The zero-order valence-corrected chi connectivity index (χ0v) is 16.6. The number of thioether (sulfide) groups is 1. The smallest absolute Gasteiger partial charge is 0.238 e. The van der Waals surface area contributed by atoms with Crippen molar-refractivity contribution in [3.63, 3.8) is 0 Å². The quantitative estimate of drug-likeness (QED) is 0.569. The summed E-state index contributed by atoms with van der Waals surface area (Å²) in [5.41, 5.74) is 0.593. The number of carbonyl (C=O) groups excluding carboxylic acids is 1. The first kappa shape index (κ1) is 19.3. The van der Waals surface area contributed by atoms with Gasteiger partial charge in [-0.3, -0.25) is 4.79 Å². The average Bonchev–Trinajstić information content (AvgIpc) is 3.24. The second-order valence-electron chi connectivity index (χ2n) is 6.01. The predicted molar refractivity (Wildman–Crippen MR) is 106 cm³/mol. The first-order valence-corrected chi connectivity index (χ1v) is 9.99. The lowest BCUT2D eigenvalue weighted by Crippen LogP contribution is -2.24. The standard InChI is InChI=1S/C17H19FN6OS2/c1-10(2)24-14(7-8-19-24)21-15(25)11(3)26-17-23-22-16(27-17)20-13-6-4-5-12(18)9-13/h4-11H,1-3H3,(H,20,22)(H,21,25)/t11-/m1/s1. The third-order valence-corrected chi connectivity index (χ3v) is 5.56. The van der Waals surface area contributed by atoms with E-state index in [1.807, 2.05) is 13.8 Å². The Hall–Kier alpha value is -2.46. The molecule has 1 amide bonds. The van der Waals surface area contributed by atoms with Crippen molar-refractivity contribution < 1.29 is 9.18 Å². The van der Waals surface area contributed by atoms with Gasteiger partial charge >= 0.3 is 0 Å². The highest BCUT2D eigenvalue weighted by molar-refractivity contribution is 8.02. The summed E-state index contributed by atoms with van der Waals surface area (Å²) in [6, 6.07) is 8.02. The normalized spacial score (nSPS) is 12.2. The molecule has 10 heteroatoms. The molecular weight excluding hydrogens is 387 g/mol. The number of benzene rings is 1. The summed E-state index contributed by atoms with van der Waals surface area (Å²) < 4.78 is 15.6. The maximum absolute atomic E-state index is 13.2. The Labute approximate surface area is 164 Å². The summed E-state index contributed by atoms with van der Waals surface area (Å²) in [6.45, 7) is 5.79. The van der Waals surface area contributed by atoms with Gasteiger partial charge in [-0.2, -0.15) is 5.10 Å². The van der Waals surface area contributed by atoms with Crippen LogP contribution in [0.2, 0.25) is 0 Å². The van der Waals surface area contributed by atoms with Crippen LogP contribution in [0, 0.1) is 5.82 Å². The number of hydrogen-bond acceptors (Lipinski definition) is 7. The molecule has 0 aliphatic heterocycles. The number of anilines is 3. The lowest BCUT2D eigenvalue weighted by atomic mass is 10.3. The molecular formula is C17H19FN6OS2. The van der Waals surface area contributed by atoms with Crippen LogP contribution in [0.3, 0.4) is 0 Å². The van der Waals surface area contributed by atoms with Gasteiger partial charge in [-0.25, -0.2) is 9.07 Å². The summed E-state index contributed by atoms with van der Waals surface area (Å²) in [6.07, 6.45) is 1.66. The molecule has 0 radical (unpaired) electrons. The number of carbonyl (C=O) groups is 1. The molecule has 142 valence electrons. The van der Waals surface area contributed by atoms with E-state index in [2.05, 4.69) is 25.9 Å². The molecule has 0 saturated heterocycles. The van der Waals surface area contributed by atoms with Gasteiger partial charge in [0.25, 0.3) is 0 Å². The lowest BCUT2D eigenvalue weighted by Gasteiger charge is -2.14. The SMILES string of the molecule is CC(C)n1nccc1NC(=O)[C@@H](C)Sc1nnc(Nc2cccc(F)c2)s1. The van der Waals surface area contributed by atoms with Gasteiger partial charge in [-0.05, 0) is 39.0 Å². The van der Waals surface area contributed by atoms with Gasteiger partial charge in [0.1, 0.15) is 11.6 Å². The Bertz CT molecular complexity index is 926. The van der Waals surface area contributed by atoms with Crippen molar-refractivity contribution in [1.29, 1.82) is 0 Å². The van der Waals surface area contributed by atoms with E-state index in [0.717, 1.165) is 0 Å². The number of halogens is 1. The van der Waals surface area contributed by atoms with Crippen molar-refractivity contribution in [1.82, 2.24) is 20.0 Å². The van der Waals surface area contributed by atoms with Crippen molar-refractivity contribution in [2.24, 2.45) is 0 Å². The van der Waals surface area contributed by atoms with Crippen LogP contribution in [0.15, 0.2) is 40.9 Å². The van der Waals surface area contributed by atoms with Gasteiger partial charge in [0.2, 0.25) is 11.0 Å². The fourth-order valence-corrected chi connectivity index (χ4v) is 4.17. The maximum atomic E-state index is 13.2. The number of amides is 1. The fraction of sp³-hybridized carbons (Fsp3) is 0.294. The number of nitrogens with zero attached hydrogens (tertiary/aromatic N) is 4. The first-order chi connectivity index (χ1) is 12.9. The maximum Gasteiger partial charge on any atom is 0.238 e. The van der Waals surface area contributed by atoms with Gasteiger partial charge in [0, 0.05) is 17.8 Å². The summed E-state index contributed by atoms with van der Waals surface area (Å²) in [4.78, 5) is 12.5. The van der Waals surface area contributed by atoms with Crippen LogP contribution in [0.4, 0.5) is 21.0 Å². The van der Waals surface area contributed by atoms with Crippen molar-refractivity contribution in [3.05, 3.63) is 42.3 Å². The van der Waals surface area contributed by atoms with E-state index in [0.29, 0.717) is 21.0 Å². The average molecular weight is 407 g/mol. The highest BCUT2D eigenvalue weighted by atomic mass is 32.2. The van der Waals surface area contributed by atoms with Crippen molar-refractivity contribution in [2.75, 3.05) is 10.6 Å². The molecule has 2 N–H and O–H groups in total. The van der Waals surface area contributed by atoms with Crippen molar-refractivity contribution in [2.45, 2.75) is 36.4 Å². The predicted octanol–water partition coefficient (Wildman–Crippen LogP) is 4.32. The lowest BCUT2D eigenvalue weighted by molar-refractivity contribution is -0.115. The number of hydrogen-bond donors (Lipinski definition) is 2. The molecule has 7 nitrogen and oxygen atoms in total. The molecule has 2 aromatic heterocycles. The Morgan fingerprint density at radius 1 is 1.26 bits per heavy atom. The van der Waals surface area contributed by atoms with Crippen LogP contribution >= 0.6 is 23.1 Å². The number of rotatable bonds is 7. The summed E-state index contributed by atoms with van der Waals surface area (Å²) in [5, 5.41) is 18.4. The van der Waals surface area contributed by atoms with E-state index in [9.17, 15) is 9.18 Å². The van der Waals surface area contributed by atoms with Crippen molar-refractivity contribution in [3.8, 4) is 0 Å². The summed E-state index contributed by atoms with van der Waals surface area (Å²) in [5.74, 6) is 0.190. The molecule has 0 bridgehead atoms. The van der Waals surface area contributed by atoms with E-state index in [1.54, 1.807) is 36.0 Å². The summed E-state index contributed by atoms with van der Waals surface area (Å²) >= 11 is 2.62. The third-order valence-electron chi connectivity index (χ3n) is 3.54. The van der Waals surface area contributed by atoms with Crippen LogP contribution < -0.4 is 10.6 Å². The molecule has 1 atom stereocenters. The highest BCUT2D eigenvalue weighted by Gasteiger charge is 2.19. The largest absolute Gasteiger partial charge is 0.330 e. The highest BCUT2D eigenvalue weighted by Crippen LogP contribution is 2.31.